The van der Waals surface area contributed by atoms with Gasteiger partial charge in [0.15, 0.2) is 5.96 Å². The van der Waals surface area contributed by atoms with Crippen molar-refractivity contribution in [1.29, 1.82) is 0 Å². The van der Waals surface area contributed by atoms with E-state index >= 15 is 0 Å². The van der Waals surface area contributed by atoms with Crippen LogP contribution in [0.4, 0.5) is 0 Å². The highest BCUT2D eigenvalue weighted by molar-refractivity contribution is 5.94. The molecule has 0 aliphatic heterocycles. The predicted molar refractivity (Wildman–Crippen MR) is 101 cm³/mol. The van der Waals surface area contributed by atoms with Crippen LogP contribution in [-0.4, -0.2) is 51.8 Å². The molecule has 0 heterocycles. The number of ether oxygens (including phenoxy) is 1. The summed E-state index contributed by atoms with van der Waals surface area (Å²) in [5, 5.41) is 9.21. The summed E-state index contributed by atoms with van der Waals surface area (Å²) in [6.45, 7) is 5.83. The van der Waals surface area contributed by atoms with Crippen LogP contribution in [0.3, 0.4) is 0 Å². The van der Waals surface area contributed by atoms with Crippen LogP contribution in [-0.2, 0) is 11.2 Å². The SMILES string of the molecule is CCNC(=NCCOCC1CC1)NCCc1cccc(C(=O)NC)c1. The maximum atomic E-state index is 11.7. The third kappa shape index (κ3) is 7.56. The number of carbonyl (C=O) groups excluding carboxylic acids is 1. The molecule has 0 saturated heterocycles. The molecule has 0 atom stereocenters. The maximum Gasteiger partial charge on any atom is 0.251 e. The van der Waals surface area contributed by atoms with Gasteiger partial charge in [0.25, 0.3) is 5.91 Å². The monoisotopic (exact) mass is 346 g/mol. The molecule has 6 nitrogen and oxygen atoms in total. The van der Waals surface area contributed by atoms with Crippen molar-refractivity contribution in [3.63, 3.8) is 0 Å². The molecular formula is C19H30N4O2. The second-order valence-corrected chi connectivity index (χ2v) is 6.24. The molecule has 1 fully saturated rings. The van der Waals surface area contributed by atoms with E-state index in [1.807, 2.05) is 31.2 Å². The summed E-state index contributed by atoms with van der Waals surface area (Å²) in [7, 11) is 1.64. The van der Waals surface area contributed by atoms with Crippen LogP contribution in [0.25, 0.3) is 0 Å². The zero-order chi connectivity index (χ0) is 17.9. The van der Waals surface area contributed by atoms with Crippen molar-refractivity contribution in [2.75, 3.05) is 39.9 Å². The second kappa shape index (κ2) is 10.7. The van der Waals surface area contributed by atoms with E-state index in [0.29, 0.717) is 18.7 Å². The third-order valence-corrected chi connectivity index (χ3v) is 4.02. The molecule has 0 aromatic heterocycles. The Bertz CT molecular complexity index is 570. The second-order valence-electron chi connectivity index (χ2n) is 6.24. The first-order valence-electron chi connectivity index (χ1n) is 9.14. The van der Waals surface area contributed by atoms with Crippen LogP contribution in [0.2, 0.25) is 0 Å². The van der Waals surface area contributed by atoms with Gasteiger partial charge in [-0.3, -0.25) is 9.79 Å². The highest BCUT2D eigenvalue weighted by Crippen LogP contribution is 2.28. The van der Waals surface area contributed by atoms with Crippen LogP contribution < -0.4 is 16.0 Å². The Morgan fingerprint density at radius 2 is 2.16 bits per heavy atom. The van der Waals surface area contributed by atoms with Crippen molar-refractivity contribution >= 4 is 11.9 Å². The van der Waals surface area contributed by atoms with Crippen LogP contribution in [0.15, 0.2) is 29.3 Å². The van der Waals surface area contributed by atoms with E-state index in [4.69, 9.17) is 4.74 Å². The van der Waals surface area contributed by atoms with Gasteiger partial charge in [0, 0.05) is 32.3 Å². The van der Waals surface area contributed by atoms with Crippen LogP contribution in [0, 0.1) is 5.92 Å². The largest absolute Gasteiger partial charge is 0.379 e. The fraction of sp³-hybridized carbons (Fsp3) is 0.579. The molecule has 0 spiro atoms. The number of rotatable bonds is 10. The summed E-state index contributed by atoms with van der Waals surface area (Å²) < 4.78 is 5.61. The normalized spacial score (nSPS) is 14.2. The van der Waals surface area contributed by atoms with Gasteiger partial charge in [0.1, 0.15) is 0 Å². The van der Waals surface area contributed by atoms with E-state index in [2.05, 4.69) is 20.9 Å². The highest BCUT2D eigenvalue weighted by atomic mass is 16.5. The molecule has 1 aliphatic rings. The first-order valence-corrected chi connectivity index (χ1v) is 9.14. The van der Waals surface area contributed by atoms with Crippen molar-refractivity contribution < 1.29 is 9.53 Å². The Labute approximate surface area is 150 Å². The minimum absolute atomic E-state index is 0.0593. The van der Waals surface area contributed by atoms with Gasteiger partial charge in [0.2, 0.25) is 0 Å². The summed E-state index contributed by atoms with van der Waals surface area (Å²) in [5.74, 6) is 1.54. The Balaban J connectivity index is 1.72. The topological polar surface area (TPSA) is 74.8 Å². The zero-order valence-corrected chi connectivity index (χ0v) is 15.3. The molecule has 1 aliphatic carbocycles. The number of amides is 1. The van der Waals surface area contributed by atoms with Crippen molar-refractivity contribution in [3.8, 4) is 0 Å². The molecule has 6 heteroatoms. The van der Waals surface area contributed by atoms with Gasteiger partial charge in [-0.25, -0.2) is 0 Å². The molecule has 1 saturated carbocycles. The maximum absolute atomic E-state index is 11.7. The molecule has 138 valence electrons. The lowest BCUT2D eigenvalue weighted by Gasteiger charge is -2.12. The lowest BCUT2D eigenvalue weighted by Crippen LogP contribution is -2.38. The fourth-order valence-electron chi connectivity index (χ4n) is 2.44. The standard InChI is InChI=1S/C19H30N4O2/c1-3-21-19(23-11-12-25-14-16-7-8-16)22-10-9-15-5-4-6-17(13-15)18(24)20-2/h4-6,13,16H,3,7-12,14H2,1-2H3,(H,20,24)(H2,21,22,23). The number of hydrogen-bond donors (Lipinski definition) is 3. The van der Waals surface area contributed by atoms with Gasteiger partial charge in [-0.2, -0.15) is 0 Å². The van der Waals surface area contributed by atoms with Crippen molar-refractivity contribution in [2.45, 2.75) is 26.2 Å². The van der Waals surface area contributed by atoms with Crippen molar-refractivity contribution in [1.82, 2.24) is 16.0 Å². The predicted octanol–water partition coefficient (Wildman–Crippen LogP) is 1.57. The van der Waals surface area contributed by atoms with Gasteiger partial charge in [0.05, 0.1) is 13.2 Å². The van der Waals surface area contributed by atoms with E-state index in [1.54, 1.807) is 7.05 Å². The number of benzene rings is 1. The smallest absolute Gasteiger partial charge is 0.251 e. The third-order valence-electron chi connectivity index (χ3n) is 4.02. The minimum atomic E-state index is -0.0593. The van der Waals surface area contributed by atoms with Crippen LogP contribution in [0.1, 0.15) is 35.7 Å². The number of guanidine groups is 1. The molecule has 0 radical (unpaired) electrons. The highest BCUT2D eigenvalue weighted by Gasteiger charge is 2.20. The lowest BCUT2D eigenvalue weighted by molar-refractivity contribution is 0.0963. The van der Waals surface area contributed by atoms with Crippen molar-refractivity contribution in [3.05, 3.63) is 35.4 Å². The average molecular weight is 346 g/mol. The Morgan fingerprint density at radius 3 is 2.88 bits per heavy atom. The van der Waals surface area contributed by atoms with Gasteiger partial charge in [-0.05, 0) is 49.8 Å². The molecule has 25 heavy (non-hydrogen) atoms. The Kier molecular flexibility index (Phi) is 8.25. The van der Waals surface area contributed by atoms with Gasteiger partial charge in [-0.15, -0.1) is 0 Å². The molecule has 3 N–H and O–H groups in total. The molecule has 2 rings (SSSR count). The lowest BCUT2D eigenvalue weighted by atomic mass is 10.1. The first-order chi connectivity index (χ1) is 12.2. The molecule has 1 amide bonds. The average Bonchev–Trinajstić information content (AvgIpc) is 3.45. The molecule has 1 aromatic carbocycles. The fourth-order valence-corrected chi connectivity index (χ4v) is 2.44. The number of carbonyl (C=O) groups is 1. The minimum Gasteiger partial charge on any atom is -0.379 e. The number of nitrogens with zero attached hydrogens (tertiary/aromatic N) is 1. The summed E-state index contributed by atoms with van der Waals surface area (Å²) >= 11 is 0. The molecule has 0 unspecified atom stereocenters. The van der Waals surface area contributed by atoms with E-state index in [9.17, 15) is 4.79 Å². The number of nitrogens with one attached hydrogen (secondary N) is 3. The zero-order valence-electron chi connectivity index (χ0n) is 15.3. The summed E-state index contributed by atoms with van der Waals surface area (Å²) in [5.41, 5.74) is 1.81. The number of aliphatic imine (C=N–C) groups is 1. The van der Waals surface area contributed by atoms with Gasteiger partial charge >= 0.3 is 0 Å². The first kappa shape index (κ1) is 19.2. The van der Waals surface area contributed by atoms with E-state index < -0.39 is 0 Å². The molecule has 0 bridgehead atoms. The molecule has 1 aromatic rings. The van der Waals surface area contributed by atoms with E-state index in [0.717, 1.165) is 43.6 Å². The van der Waals surface area contributed by atoms with Gasteiger partial charge in [-0.1, -0.05) is 12.1 Å². The summed E-state index contributed by atoms with van der Waals surface area (Å²) in [6, 6.07) is 7.69. The Hall–Kier alpha value is -2.08. The van der Waals surface area contributed by atoms with E-state index in [1.165, 1.54) is 12.8 Å². The van der Waals surface area contributed by atoms with Gasteiger partial charge < -0.3 is 20.7 Å². The summed E-state index contributed by atoms with van der Waals surface area (Å²) in [6.07, 6.45) is 3.45. The van der Waals surface area contributed by atoms with E-state index in [-0.39, 0.29) is 5.91 Å². The summed E-state index contributed by atoms with van der Waals surface area (Å²) in [4.78, 5) is 16.2. The molecular weight excluding hydrogens is 316 g/mol. The Morgan fingerprint density at radius 1 is 1.32 bits per heavy atom. The van der Waals surface area contributed by atoms with Crippen molar-refractivity contribution in [2.24, 2.45) is 10.9 Å². The quantitative estimate of drug-likeness (QED) is 0.342. The number of hydrogen-bond acceptors (Lipinski definition) is 3. The van der Waals surface area contributed by atoms with Crippen LogP contribution in [0.5, 0.6) is 0 Å². The van der Waals surface area contributed by atoms with Crippen LogP contribution >= 0.6 is 0 Å².